The molecule has 0 aliphatic rings. The number of rotatable bonds is 14. The van der Waals surface area contributed by atoms with Gasteiger partial charge in [-0.3, -0.25) is 4.79 Å². The van der Waals surface area contributed by atoms with Crippen LogP contribution in [-0.4, -0.2) is 49.1 Å². The van der Waals surface area contributed by atoms with Gasteiger partial charge in [-0.05, 0) is 6.42 Å². The summed E-state index contributed by atoms with van der Waals surface area (Å²) in [6.45, 7) is 3.63. The number of esters is 1. The molecule has 7 heteroatoms. The summed E-state index contributed by atoms with van der Waals surface area (Å²) in [6.07, 6.45) is 8.85. The van der Waals surface area contributed by atoms with Crippen LogP contribution in [0.3, 0.4) is 0 Å². The normalized spacial score (nSPS) is 10.7. The molecule has 1 heterocycles. The van der Waals surface area contributed by atoms with Gasteiger partial charge in [0.25, 0.3) is 0 Å². The van der Waals surface area contributed by atoms with Crippen molar-refractivity contribution in [2.75, 3.05) is 27.4 Å². The zero-order valence-corrected chi connectivity index (χ0v) is 17.1. The van der Waals surface area contributed by atoms with Gasteiger partial charge in [-0.25, -0.2) is 9.78 Å². The summed E-state index contributed by atoms with van der Waals surface area (Å²) >= 11 is 1.37. The average Bonchev–Trinajstić information content (AvgIpc) is 3.12. The van der Waals surface area contributed by atoms with Crippen molar-refractivity contribution in [3.8, 4) is 0 Å². The Bertz CT molecular complexity index is 533. The largest absolute Gasteiger partial charge is 0.464 e. The second-order valence-corrected chi connectivity index (χ2v) is 7.24. The minimum atomic E-state index is -0.453. The molecule has 148 valence electrons. The summed E-state index contributed by atoms with van der Waals surface area (Å²) in [5.41, 5.74) is 0.290. The van der Waals surface area contributed by atoms with Crippen LogP contribution in [0.4, 0.5) is 0 Å². The summed E-state index contributed by atoms with van der Waals surface area (Å²) in [5, 5.41) is 2.39. The molecule has 0 bridgehead atoms. The first kappa shape index (κ1) is 22.6. The zero-order valence-electron chi connectivity index (χ0n) is 16.3. The van der Waals surface area contributed by atoms with Crippen LogP contribution >= 0.6 is 11.3 Å². The van der Waals surface area contributed by atoms with Crippen LogP contribution in [0.1, 0.15) is 73.8 Å². The molecule has 6 nitrogen and oxygen atoms in total. The summed E-state index contributed by atoms with van der Waals surface area (Å²) in [5.74, 6) is -0.337. The fraction of sp³-hybridized carbons (Fsp3) is 0.737. The lowest BCUT2D eigenvalue weighted by Crippen LogP contribution is -2.33. The Labute approximate surface area is 160 Å². The average molecular weight is 385 g/mol. The van der Waals surface area contributed by atoms with Crippen LogP contribution in [0.5, 0.6) is 0 Å². The molecule has 0 N–H and O–H groups in total. The van der Waals surface area contributed by atoms with Crippen molar-refractivity contribution in [3.63, 3.8) is 0 Å². The van der Waals surface area contributed by atoms with Crippen LogP contribution in [0.2, 0.25) is 0 Å². The number of thiazole rings is 1. The number of nitrogens with zero attached hydrogens (tertiary/aromatic N) is 2. The Hall–Kier alpha value is -1.47. The number of hydrogen-bond donors (Lipinski definition) is 0. The van der Waals surface area contributed by atoms with Crippen molar-refractivity contribution in [1.29, 1.82) is 0 Å². The molecular formula is C19H32N2O4S. The van der Waals surface area contributed by atoms with E-state index in [9.17, 15) is 9.59 Å². The number of unbranched alkanes of at least 4 members (excludes halogenated alkanes) is 6. The van der Waals surface area contributed by atoms with Gasteiger partial charge in [0.05, 0.1) is 20.3 Å². The Morgan fingerprint density at radius 1 is 1.12 bits per heavy atom. The number of ether oxygens (including phenoxy) is 2. The van der Waals surface area contributed by atoms with Crippen LogP contribution in [-0.2, 0) is 20.8 Å². The van der Waals surface area contributed by atoms with Gasteiger partial charge in [0.15, 0.2) is 5.69 Å². The highest BCUT2D eigenvalue weighted by molar-refractivity contribution is 7.09. The number of amides is 1. The van der Waals surface area contributed by atoms with Gasteiger partial charge in [-0.1, -0.05) is 45.4 Å². The molecule has 0 saturated carbocycles. The minimum absolute atomic E-state index is 0.116. The second kappa shape index (κ2) is 13.7. The molecule has 1 amide bonds. The van der Waals surface area contributed by atoms with Crippen molar-refractivity contribution in [2.24, 2.45) is 0 Å². The van der Waals surface area contributed by atoms with E-state index in [1.807, 2.05) is 0 Å². The molecule has 1 aromatic rings. The number of carbonyl (C=O) groups excluding carboxylic acids is 2. The van der Waals surface area contributed by atoms with Gasteiger partial charge in [0, 0.05) is 25.5 Å². The zero-order chi connectivity index (χ0) is 19.2. The van der Waals surface area contributed by atoms with Crippen molar-refractivity contribution < 1.29 is 19.1 Å². The van der Waals surface area contributed by atoms with Crippen LogP contribution in [0.15, 0.2) is 5.38 Å². The molecule has 0 aliphatic carbocycles. The summed E-state index contributed by atoms with van der Waals surface area (Å²) in [6, 6.07) is 0. The summed E-state index contributed by atoms with van der Waals surface area (Å²) in [7, 11) is 2.95. The number of carbonyl (C=O) groups is 2. The third kappa shape index (κ3) is 8.76. The lowest BCUT2D eigenvalue weighted by molar-refractivity contribution is -0.132. The van der Waals surface area contributed by atoms with Gasteiger partial charge >= 0.3 is 5.97 Å². The highest BCUT2D eigenvalue weighted by atomic mass is 32.1. The maximum absolute atomic E-state index is 12.5. The fourth-order valence-corrected chi connectivity index (χ4v) is 3.41. The van der Waals surface area contributed by atoms with E-state index in [0.717, 1.165) is 17.8 Å². The third-order valence-corrected chi connectivity index (χ3v) is 5.02. The molecular weight excluding hydrogens is 352 g/mol. The molecule has 0 aromatic carbocycles. The van der Waals surface area contributed by atoms with E-state index < -0.39 is 5.97 Å². The monoisotopic (exact) mass is 384 g/mol. The van der Waals surface area contributed by atoms with E-state index in [1.165, 1.54) is 50.6 Å². The highest BCUT2D eigenvalue weighted by Gasteiger charge is 2.17. The van der Waals surface area contributed by atoms with Gasteiger partial charge in [-0.2, -0.15) is 0 Å². The van der Waals surface area contributed by atoms with Gasteiger partial charge in [0.1, 0.15) is 5.01 Å². The van der Waals surface area contributed by atoms with E-state index in [4.69, 9.17) is 4.74 Å². The van der Waals surface area contributed by atoms with E-state index in [2.05, 4.69) is 16.6 Å². The lowest BCUT2D eigenvalue weighted by Gasteiger charge is -2.21. The Balaban J connectivity index is 2.45. The molecule has 0 saturated heterocycles. The first-order valence-electron chi connectivity index (χ1n) is 9.41. The Morgan fingerprint density at radius 2 is 1.81 bits per heavy atom. The second-order valence-electron chi connectivity index (χ2n) is 6.30. The smallest absolute Gasteiger partial charge is 0.357 e. The predicted molar refractivity (Wildman–Crippen MR) is 103 cm³/mol. The van der Waals surface area contributed by atoms with Gasteiger partial charge in [-0.15, -0.1) is 11.3 Å². The first-order chi connectivity index (χ1) is 12.6. The molecule has 0 radical (unpaired) electrons. The van der Waals surface area contributed by atoms with Crippen molar-refractivity contribution >= 4 is 23.2 Å². The molecule has 1 aromatic heterocycles. The number of methoxy groups -OCH3 is 2. The van der Waals surface area contributed by atoms with Crippen molar-refractivity contribution in [2.45, 2.75) is 64.8 Å². The van der Waals surface area contributed by atoms with E-state index >= 15 is 0 Å². The molecule has 0 atom stereocenters. The molecule has 0 unspecified atom stereocenters. The first-order valence-corrected chi connectivity index (χ1v) is 10.3. The Morgan fingerprint density at radius 3 is 2.46 bits per heavy atom. The summed E-state index contributed by atoms with van der Waals surface area (Å²) in [4.78, 5) is 30.1. The SMILES string of the molecule is CCCCCCCCCC(=O)N(CCOC)Cc1nc(C(=O)OC)cs1. The van der Waals surface area contributed by atoms with Gasteiger partial charge < -0.3 is 14.4 Å². The lowest BCUT2D eigenvalue weighted by atomic mass is 10.1. The van der Waals surface area contributed by atoms with Crippen LogP contribution in [0.25, 0.3) is 0 Å². The van der Waals surface area contributed by atoms with Crippen LogP contribution < -0.4 is 0 Å². The minimum Gasteiger partial charge on any atom is -0.464 e. The molecule has 0 aliphatic heterocycles. The third-order valence-electron chi connectivity index (χ3n) is 4.18. The topological polar surface area (TPSA) is 68.7 Å². The van der Waals surface area contributed by atoms with Gasteiger partial charge in [0.2, 0.25) is 5.91 Å². The van der Waals surface area contributed by atoms with E-state index in [0.29, 0.717) is 31.8 Å². The molecule has 0 fully saturated rings. The maximum Gasteiger partial charge on any atom is 0.357 e. The fourth-order valence-electron chi connectivity index (χ4n) is 2.63. The molecule has 26 heavy (non-hydrogen) atoms. The van der Waals surface area contributed by atoms with E-state index in [1.54, 1.807) is 17.4 Å². The van der Waals surface area contributed by atoms with Crippen molar-refractivity contribution in [3.05, 3.63) is 16.1 Å². The molecule has 1 rings (SSSR count). The number of hydrogen-bond acceptors (Lipinski definition) is 6. The maximum atomic E-state index is 12.5. The quantitative estimate of drug-likeness (QED) is 0.358. The molecule has 0 spiro atoms. The summed E-state index contributed by atoms with van der Waals surface area (Å²) < 4.78 is 9.79. The van der Waals surface area contributed by atoms with Crippen LogP contribution in [0, 0.1) is 0 Å². The van der Waals surface area contributed by atoms with Crippen molar-refractivity contribution in [1.82, 2.24) is 9.88 Å². The standard InChI is InChI=1S/C19H32N2O4S/c1-4-5-6-7-8-9-10-11-18(22)21(12-13-24-2)14-17-20-16(15-26-17)19(23)25-3/h15H,4-14H2,1-3H3. The van der Waals surface area contributed by atoms with E-state index in [-0.39, 0.29) is 5.91 Å². The predicted octanol–water partition coefficient (Wildman–Crippen LogP) is 4.05. The number of aromatic nitrogens is 1. The highest BCUT2D eigenvalue weighted by Crippen LogP contribution is 2.15. The Kier molecular flexibility index (Phi) is 11.9.